The second-order valence-electron chi connectivity index (χ2n) is 3.01. The van der Waals surface area contributed by atoms with E-state index in [1.165, 1.54) is 0 Å². The van der Waals surface area contributed by atoms with Gasteiger partial charge in [-0.15, -0.1) is 6.58 Å². The molecule has 4 nitrogen and oxygen atoms in total. The number of nitrogens with two attached hydrogens (primary N) is 1. The minimum Gasteiger partial charge on any atom is -0.380 e. The van der Waals surface area contributed by atoms with Gasteiger partial charge in [-0.05, 0) is 12.8 Å². The van der Waals surface area contributed by atoms with Crippen LogP contribution in [0, 0.1) is 0 Å². The topological polar surface area (TPSA) is 64.3 Å². The van der Waals surface area contributed by atoms with Gasteiger partial charge < -0.3 is 15.8 Å². The maximum absolute atomic E-state index is 10.8. The molecule has 1 atom stereocenters. The van der Waals surface area contributed by atoms with Crippen molar-refractivity contribution in [2.75, 3.05) is 19.8 Å². The summed E-state index contributed by atoms with van der Waals surface area (Å²) < 4.78 is 5.26. The van der Waals surface area contributed by atoms with Gasteiger partial charge in [0, 0.05) is 6.54 Å². The second-order valence-corrected chi connectivity index (χ2v) is 3.01. The summed E-state index contributed by atoms with van der Waals surface area (Å²) in [6, 6.07) is -0.238. The van der Waals surface area contributed by atoms with E-state index in [-0.39, 0.29) is 11.9 Å². The van der Waals surface area contributed by atoms with Crippen LogP contribution >= 0.6 is 0 Å². The SMILES string of the molecule is C=CCCOCCNC(CC)C(N)=O. The first-order valence-electron chi connectivity index (χ1n) is 4.93. The standard InChI is InChI=1S/C10H20N2O2/c1-3-5-7-14-8-6-12-9(4-2)10(11)13/h3,9,12H,1,4-8H2,2H3,(H2,11,13). The van der Waals surface area contributed by atoms with Gasteiger partial charge in [-0.1, -0.05) is 13.0 Å². The summed E-state index contributed by atoms with van der Waals surface area (Å²) in [4.78, 5) is 10.8. The van der Waals surface area contributed by atoms with Gasteiger partial charge in [0.25, 0.3) is 0 Å². The molecule has 0 aliphatic heterocycles. The Balaban J connectivity index is 3.33. The molecule has 0 aromatic rings. The molecule has 0 aliphatic carbocycles. The molecule has 0 saturated carbocycles. The number of carbonyl (C=O) groups excluding carboxylic acids is 1. The fourth-order valence-corrected chi connectivity index (χ4v) is 1.02. The van der Waals surface area contributed by atoms with E-state index in [9.17, 15) is 4.79 Å². The number of nitrogens with one attached hydrogen (secondary N) is 1. The molecule has 0 spiro atoms. The van der Waals surface area contributed by atoms with Gasteiger partial charge in [-0.2, -0.15) is 0 Å². The molecule has 14 heavy (non-hydrogen) atoms. The van der Waals surface area contributed by atoms with Crippen molar-refractivity contribution in [3.63, 3.8) is 0 Å². The van der Waals surface area contributed by atoms with Crippen molar-refractivity contribution in [1.82, 2.24) is 5.32 Å². The highest BCUT2D eigenvalue weighted by atomic mass is 16.5. The van der Waals surface area contributed by atoms with Crippen molar-refractivity contribution in [1.29, 1.82) is 0 Å². The summed E-state index contributed by atoms with van der Waals surface area (Å²) in [5, 5.41) is 3.02. The highest BCUT2D eigenvalue weighted by Crippen LogP contribution is 1.88. The summed E-state index contributed by atoms with van der Waals surface area (Å²) in [5.41, 5.74) is 5.15. The Morgan fingerprint density at radius 2 is 2.36 bits per heavy atom. The third kappa shape index (κ3) is 6.62. The third-order valence-electron chi connectivity index (χ3n) is 1.86. The number of hydrogen-bond donors (Lipinski definition) is 2. The Hall–Kier alpha value is -0.870. The van der Waals surface area contributed by atoms with Gasteiger partial charge in [0.2, 0.25) is 5.91 Å². The predicted octanol–water partition coefficient (Wildman–Crippen LogP) is 0.433. The van der Waals surface area contributed by atoms with Gasteiger partial charge in [0.1, 0.15) is 0 Å². The van der Waals surface area contributed by atoms with Gasteiger partial charge >= 0.3 is 0 Å². The molecule has 0 radical (unpaired) electrons. The van der Waals surface area contributed by atoms with Crippen molar-refractivity contribution in [2.45, 2.75) is 25.8 Å². The van der Waals surface area contributed by atoms with Crippen LogP contribution < -0.4 is 11.1 Å². The van der Waals surface area contributed by atoms with E-state index >= 15 is 0 Å². The minimum absolute atomic E-state index is 0.238. The number of hydrogen-bond acceptors (Lipinski definition) is 3. The lowest BCUT2D eigenvalue weighted by molar-refractivity contribution is -0.120. The minimum atomic E-state index is -0.307. The van der Waals surface area contributed by atoms with E-state index < -0.39 is 0 Å². The molecule has 0 aliphatic rings. The lowest BCUT2D eigenvalue weighted by atomic mass is 10.2. The summed E-state index contributed by atoms with van der Waals surface area (Å²) in [7, 11) is 0. The van der Waals surface area contributed by atoms with E-state index in [4.69, 9.17) is 10.5 Å². The first-order valence-corrected chi connectivity index (χ1v) is 4.93. The smallest absolute Gasteiger partial charge is 0.234 e. The maximum atomic E-state index is 10.8. The Morgan fingerprint density at radius 1 is 1.64 bits per heavy atom. The normalized spacial score (nSPS) is 12.4. The van der Waals surface area contributed by atoms with Crippen LogP contribution in [0.1, 0.15) is 19.8 Å². The summed E-state index contributed by atoms with van der Waals surface area (Å²) >= 11 is 0. The zero-order chi connectivity index (χ0) is 10.8. The molecule has 1 amide bonds. The number of rotatable bonds is 9. The van der Waals surface area contributed by atoms with Gasteiger partial charge in [-0.25, -0.2) is 0 Å². The molecular weight excluding hydrogens is 180 g/mol. The monoisotopic (exact) mass is 200 g/mol. The average Bonchev–Trinajstić information content (AvgIpc) is 2.16. The predicted molar refractivity (Wildman–Crippen MR) is 56.9 cm³/mol. The molecule has 0 rings (SSSR count). The van der Waals surface area contributed by atoms with Gasteiger partial charge in [-0.3, -0.25) is 4.79 Å². The molecule has 82 valence electrons. The zero-order valence-corrected chi connectivity index (χ0v) is 8.79. The largest absolute Gasteiger partial charge is 0.380 e. The molecule has 0 bridgehead atoms. The van der Waals surface area contributed by atoms with Crippen LogP contribution in [0.2, 0.25) is 0 Å². The summed E-state index contributed by atoms with van der Waals surface area (Å²) in [6.07, 6.45) is 3.38. The quantitative estimate of drug-likeness (QED) is 0.419. The van der Waals surface area contributed by atoms with Crippen LogP contribution in [0.15, 0.2) is 12.7 Å². The number of carbonyl (C=O) groups is 1. The van der Waals surface area contributed by atoms with Gasteiger partial charge in [0.15, 0.2) is 0 Å². The van der Waals surface area contributed by atoms with Crippen molar-refractivity contribution in [2.24, 2.45) is 5.73 Å². The van der Waals surface area contributed by atoms with E-state index in [0.717, 1.165) is 6.42 Å². The van der Waals surface area contributed by atoms with E-state index in [0.29, 0.717) is 26.2 Å². The molecule has 4 heteroatoms. The Bertz CT molecular complexity index is 172. The van der Waals surface area contributed by atoms with E-state index in [1.807, 2.05) is 13.0 Å². The lowest BCUT2D eigenvalue weighted by Crippen LogP contribution is -2.42. The van der Waals surface area contributed by atoms with E-state index in [1.54, 1.807) is 0 Å². The number of amides is 1. The number of ether oxygens (including phenoxy) is 1. The highest BCUT2D eigenvalue weighted by Gasteiger charge is 2.10. The fraction of sp³-hybridized carbons (Fsp3) is 0.700. The van der Waals surface area contributed by atoms with Crippen LogP contribution in [0.4, 0.5) is 0 Å². The first kappa shape index (κ1) is 13.1. The molecular formula is C10H20N2O2. The fourth-order valence-electron chi connectivity index (χ4n) is 1.02. The highest BCUT2D eigenvalue weighted by molar-refractivity contribution is 5.79. The molecule has 0 aromatic heterocycles. The number of primary amides is 1. The Morgan fingerprint density at radius 3 is 2.86 bits per heavy atom. The summed E-state index contributed by atoms with van der Waals surface area (Å²) in [5.74, 6) is -0.307. The Labute approximate surface area is 85.5 Å². The van der Waals surface area contributed by atoms with Crippen LogP contribution in [0.3, 0.4) is 0 Å². The van der Waals surface area contributed by atoms with Crippen molar-refractivity contribution in [3.8, 4) is 0 Å². The summed E-state index contributed by atoms with van der Waals surface area (Å²) in [6.45, 7) is 7.43. The van der Waals surface area contributed by atoms with Crippen LogP contribution in [-0.4, -0.2) is 31.7 Å². The molecule has 1 unspecified atom stereocenters. The van der Waals surface area contributed by atoms with Crippen LogP contribution in [0.25, 0.3) is 0 Å². The van der Waals surface area contributed by atoms with Gasteiger partial charge in [0.05, 0.1) is 19.3 Å². The van der Waals surface area contributed by atoms with Crippen molar-refractivity contribution < 1.29 is 9.53 Å². The van der Waals surface area contributed by atoms with Crippen LogP contribution in [-0.2, 0) is 9.53 Å². The third-order valence-corrected chi connectivity index (χ3v) is 1.86. The molecule has 0 saturated heterocycles. The maximum Gasteiger partial charge on any atom is 0.234 e. The second kappa shape index (κ2) is 8.72. The first-order chi connectivity index (χ1) is 6.72. The zero-order valence-electron chi connectivity index (χ0n) is 8.79. The van der Waals surface area contributed by atoms with Crippen molar-refractivity contribution >= 4 is 5.91 Å². The lowest BCUT2D eigenvalue weighted by Gasteiger charge is -2.12. The molecule has 3 N–H and O–H groups in total. The molecule has 0 fully saturated rings. The molecule has 0 heterocycles. The van der Waals surface area contributed by atoms with E-state index in [2.05, 4.69) is 11.9 Å². The average molecular weight is 200 g/mol. The molecule has 0 aromatic carbocycles. The van der Waals surface area contributed by atoms with Crippen molar-refractivity contribution in [3.05, 3.63) is 12.7 Å². The Kier molecular flexibility index (Phi) is 8.17. The van der Waals surface area contributed by atoms with Crippen LogP contribution in [0.5, 0.6) is 0 Å².